The van der Waals surface area contributed by atoms with Gasteiger partial charge in [-0.15, -0.1) is 0 Å². The minimum absolute atomic E-state index is 0.0321. The van der Waals surface area contributed by atoms with Gasteiger partial charge in [0.1, 0.15) is 0 Å². The SMILES string of the molecule is C=C(NCCO)c1ccc(-c2ccc(=O)n(Cc3cccc(NC(=O)OCC)c3)n2)cc1. The van der Waals surface area contributed by atoms with E-state index < -0.39 is 6.09 Å². The van der Waals surface area contributed by atoms with Crippen LogP contribution in [0, 0.1) is 0 Å². The van der Waals surface area contributed by atoms with Crippen LogP contribution >= 0.6 is 0 Å². The van der Waals surface area contributed by atoms with Crippen molar-refractivity contribution in [2.45, 2.75) is 13.5 Å². The second-order valence-corrected chi connectivity index (χ2v) is 6.97. The Bertz CT molecular complexity index is 1140. The van der Waals surface area contributed by atoms with Crippen molar-refractivity contribution in [1.82, 2.24) is 15.1 Å². The largest absolute Gasteiger partial charge is 0.450 e. The third kappa shape index (κ3) is 6.05. The maximum Gasteiger partial charge on any atom is 0.411 e. The zero-order chi connectivity index (χ0) is 22.9. The van der Waals surface area contributed by atoms with E-state index in [9.17, 15) is 9.59 Å². The number of hydrogen-bond donors (Lipinski definition) is 3. The average molecular weight is 434 g/mol. The molecule has 0 unspecified atom stereocenters. The van der Waals surface area contributed by atoms with Crippen molar-refractivity contribution >= 4 is 17.5 Å². The molecule has 8 nitrogen and oxygen atoms in total. The number of anilines is 1. The molecular formula is C24H26N4O4. The van der Waals surface area contributed by atoms with Gasteiger partial charge in [0, 0.05) is 29.6 Å². The van der Waals surface area contributed by atoms with Crippen LogP contribution in [-0.2, 0) is 11.3 Å². The van der Waals surface area contributed by atoms with Gasteiger partial charge < -0.3 is 15.2 Å². The number of ether oxygens (including phenoxy) is 1. The number of carbonyl (C=O) groups is 1. The fourth-order valence-corrected chi connectivity index (χ4v) is 3.07. The molecular weight excluding hydrogens is 408 g/mol. The highest BCUT2D eigenvalue weighted by molar-refractivity contribution is 5.84. The van der Waals surface area contributed by atoms with Crippen LogP contribution < -0.4 is 16.2 Å². The van der Waals surface area contributed by atoms with Crippen molar-refractivity contribution in [1.29, 1.82) is 0 Å². The van der Waals surface area contributed by atoms with Gasteiger partial charge in [0.2, 0.25) is 0 Å². The molecule has 0 saturated heterocycles. The number of aliphatic hydroxyl groups excluding tert-OH is 1. The first-order chi connectivity index (χ1) is 15.5. The van der Waals surface area contributed by atoms with E-state index >= 15 is 0 Å². The summed E-state index contributed by atoms with van der Waals surface area (Å²) >= 11 is 0. The molecule has 0 aliphatic heterocycles. The van der Waals surface area contributed by atoms with Crippen LogP contribution in [0.3, 0.4) is 0 Å². The normalized spacial score (nSPS) is 10.4. The van der Waals surface area contributed by atoms with Gasteiger partial charge in [-0.1, -0.05) is 43.0 Å². The molecule has 0 aliphatic carbocycles. The first-order valence-corrected chi connectivity index (χ1v) is 10.3. The molecule has 0 aliphatic rings. The van der Waals surface area contributed by atoms with E-state index in [1.54, 1.807) is 31.2 Å². The molecule has 1 heterocycles. The molecule has 0 bridgehead atoms. The Morgan fingerprint density at radius 3 is 2.66 bits per heavy atom. The van der Waals surface area contributed by atoms with Gasteiger partial charge in [-0.2, -0.15) is 5.10 Å². The van der Waals surface area contributed by atoms with Gasteiger partial charge in [0.05, 0.1) is 25.5 Å². The monoisotopic (exact) mass is 434 g/mol. The number of rotatable bonds is 9. The lowest BCUT2D eigenvalue weighted by atomic mass is 10.1. The lowest BCUT2D eigenvalue weighted by molar-refractivity contribution is 0.168. The number of amides is 1. The van der Waals surface area contributed by atoms with Crippen molar-refractivity contribution in [3.63, 3.8) is 0 Å². The maximum absolute atomic E-state index is 12.4. The van der Waals surface area contributed by atoms with Crippen molar-refractivity contribution in [3.8, 4) is 11.3 Å². The summed E-state index contributed by atoms with van der Waals surface area (Å²) in [5, 5.41) is 19.1. The standard InChI is InChI=1S/C24H26N4O4/c1-3-32-24(31)26-21-6-4-5-18(15-21)16-28-23(30)12-11-22(27-28)20-9-7-19(8-10-20)17(2)25-13-14-29/h4-12,15,25,29H,2-3,13-14,16H2,1H3,(H,26,31). The van der Waals surface area contributed by atoms with Crippen LogP contribution in [0.15, 0.2) is 72.0 Å². The van der Waals surface area contributed by atoms with Crippen molar-refractivity contribution in [3.05, 3.63) is 88.7 Å². The number of nitrogens with zero attached hydrogens (tertiary/aromatic N) is 2. The predicted octanol–water partition coefficient (Wildman–Crippen LogP) is 3.08. The first kappa shape index (κ1) is 22.8. The van der Waals surface area contributed by atoms with Crippen LogP contribution in [0.4, 0.5) is 10.5 Å². The van der Waals surface area contributed by atoms with E-state index in [1.807, 2.05) is 30.3 Å². The molecule has 0 radical (unpaired) electrons. The fraction of sp³-hybridized carbons (Fsp3) is 0.208. The predicted molar refractivity (Wildman–Crippen MR) is 124 cm³/mol. The Morgan fingerprint density at radius 1 is 1.16 bits per heavy atom. The third-order valence-corrected chi connectivity index (χ3v) is 4.63. The minimum Gasteiger partial charge on any atom is -0.450 e. The lowest BCUT2D eigenvalue weighted by Crippen LogP contribution is -2.23. The molecule has 166 valence electrons. The van der Waals surface area contributed by atoms with Crippen LogP contribution in [0.1, 0.15) is 18.1 Å². The molecule has 0 atom stereocenters. The molecule has 0 saturated carbocycles. The van der Waals surface area contributed by atoms with Crippen molar-refractivity contribution in [2.24, 2.45) is 0 Å². The van der Waals surface area contributed by atoms with Gasteiger partial charge in [0.25, 0.3) is 5.56 Å². The molecule has 3 aromatic rings. The van der Waals surface area contributed by atoms with Crippen LogP contribution in [0.25, 0.3) is 17.0 Å². The molecule has 0 fully saturated rings. The number of carbonyl (C=O) groups excluding carboxylic acids is 1. The Labute approximate surface area is 186 Å². The fourth-order valence-electron chi connectivity index (χ4n) is 3.07. The first-order valence-electron chi connectivity index (χ1n) is 10.3. The quantitative estimate of drug-likeness (QED) is 0.478. The zero-order valence-corrected chi connectivity index (χ0v) is 17.9. The van der Waals surface area contributed by atoms with E-state index in [-0.39, 0.29) is 25.3 Å². The van der Waals surface area contributed by atoms with Crippen LogP contribution in [0.5, 0.6) is 0 Å². The van der Waals surface area contributed by atoms with E-state index in [4.69, 9.17) is 9.84 Å². The number of nitrogens with one attached hydrogen (secondary N) is 2. The smallest absolute Gasteiger partial charge is 0.411 e. The molecule has 1 aromatic heterocycles. The number of hydrogen-bond acceptors (Lipinski definition) is 6. The Morgan fingerprint density at radius 2 is 1.94 bits per heavy atom. The summed E-state index contributed by atoms with van der Waals surface area (Å²) in [6.07, 6.45) is -0.528. The summed E-state index contributed by atoms with van der Waals surface area (Å²) in [5.74, 6) is 0. The second-order valence-electron chi connectivity index (χ2n) is 6.97. The van der Waals surface area contributed by atoms with Crippen LogP contribution in [0.2, 0.25) is 0 Å². The topological polar surface area (TPSA) is 105 Å². The summed E-state index contributed by atoms with van der Waals surface area (Å²) in [4.78, 5) is 24.0. The third-order valence-electron chi connectivity index (χ3n) is 4.63. The van der Waals surface area contributed by atoms with Crippen molar-refractivity contribution < 1.29 is 14.6 Å². The summed E-state index contributed by atoms with van der Waals surface area (Å²) in [6.45, 7) is 6.70. The summed E-state index contributed by atoms with van der Waals surface area (Å²) in [5.41, 5.74) is 4.31. The molecule has 2 aromatic carbocycles. The second kappa shape index (κ2) is 10.9. The van der Waals surface area contributed by atoms with Gasteiger partial charge in [-0.3, -0.25) is 10.1 Å². The van der Waals surface area contributed by atoms with E-state index in [1.165, 1.54) is 10.7 Å². The van der Waals surface area contributed by atoms with Gasteiger partial charge in [-0.25, -0.2) is 9.48 Å². The van der Waals surface area contributed by atoms with Gasteiger partial charge in [-0.05, 0) is 36.2 Å². The summed E-state index contributed by atoms with van der Waals surface area (Å²) in [7, 11) is 0. The average Bonchev–Trinajstić information content (AvgIpc) is 2.79. The number of benzene rings is 2. The van der Waals surface area contributed by atoms with E-state index in [0.717, 1.165) is 22.4 Å². The van der Waals surface area contributed by atoms with Gasteiger partial charge in [0.15, 0.2) is 0 Å². The van der Waals surface area contributed by atoms with E-state index in [0.29, 0.717) is 17.9 Å². The molecule has 8 heteroatoms. The van der Waals surface area contributed by atoms with Gasteiger partial charge >= 0.3 is 6.09 Å². The zero-order valence-electron chi connectivity index (χ0n) is 17.9. The van der Waals surface area contributed by atoms with Crippen LogP contribution in [-0.4, -0.2) is 40.7 Å². The van der Waals surface area contributed by atoms with Crippen molar-refractivity contribution in [2.75, 3.05) is 25.1 Å². The maximum atomic E-state index is 12.4. The number of aromatic nitrogens is 2. The molecule has 1 amide bonds. The Balaban J connectivity index is 1.77. The highest BCUT2D eigenvalue weighted by atomic mass is 16.5. The molecule has 0 spiro atoms. The molecule has 3 rings (SSSR count). The summed E-state index contributed by atoms with van der Waals surface area (Å²) in [6, 6.07) is 18.0. The summed E-state index contributed by atoms with van der Waals surface area (Å²) < 4.78 is 6.28. The Hall–Kier alpha value is -3.91. The molecule has 3 N–H and O–H groups in total. The Kier molecular flexibility index (Phi) is 7.77. The lowest BCUT2D eigenvalue weighted by Gasteiger charge is -2.11. The molecule has 32 heavy (non-hydrogen) atoms. The number of aliphatic hydroxyl groups is 1. The minimum atomic E-state index is -0.528. The highest BCUT2D eigenvalue weighted by Crippen LogP contribution is 2.19. The van der Waals surface area contributed by atoms with E-state index in [2.05, 4.69) is 22.3 Å². The highest BCUT2D eigenvalue weighted by Gasteiger charge is 2.07.